The van der Waals surface area contributed by atoms with E-state index < -0.39 is 5.41 Å². The van der Waals surface area contributed by atoms with Gasteiger partial charge in [0.15, 0.2) is 11.5 Å². The Morgan fingerprint density at radius 1 is 1.19 bits per heavy atom. The molecule has 1 amide bonds. The number of aromatic hydroxyl groups is 1. The Morgan fingerprint density at radius 2 is 1.97 bits per heavy atom. The SMILES string of the molecule is CCCc1nc(-c2nc(O)c3c(n2)NC(=O)C3(C)c2ccc(Cl)cc2)cn2ccnc12. The molecule has 1 aromatic carbocycles. The molecule has 156 valence electrons. The summed E-state index contributed by atoms with van der Waals surface area (Å²) in [6.45, 7) is 3.80. The number of aromatic nitrogens is 5. The molecule has 0 spiro atoms. The zero-order valence-electron chi connectivity index (χ0n) is 16.9. The summed E-state index contributed by atoms with van der Waals surface area (Å²) in [6, 6.07) is 6.93. The summed E-state index contributed by atoms with van der Waals surface area (Å²) in [5.74, 6) is -0.0592. The number of fused-ring (bicyclic) bond motifs is 2. The number of halogens is 1. The van der Waals surface area contributed by atoms with Gasteiger partial charge in [-0.05, 0) is 31.0 Å². The predicted octanol–water partition coefficient (Wildman–Crippen LogP) is 3.76. The smallest absolute Gasteiger partial charge is 0.240 e. The Hall–Kier alpha value is -3.52. The van der Waals surface area contributed by atoms with E-state index in [4.69, 9.17) is 11.6 Å². The normalized spacial score (nSPS) is 17.7. The highest BCUT2D eigenvalue weighted by atomic mass is 35.5. The van der Waals surface area contributed by atoms with E-state index in [0.29, 0.717) is 21.8 Å². The summed E-state index contributed by atoms with van der Waals surface area (Å²) in [6.07, 6.45) is 6.95. The van der Waals surface area contributed by atoms with Crippen molar-refractivity contribution in [1.29, 1.82) is 0 Å². The zero-order valence-corrected chi connectivity index (χ0v) is 17.7. The average molecular weight is 435 g/mol. The van der Waals surface area contributed by atoms with Crippen LogP contribution in [0.25, 0.3) is 17.2 Å². The van der Waals surface area contributed by atoms with Crippen LogP contribution in [0.15, 0.2) is 42.9 Å². The Bertz CT molecular complexity index is 1330. The van der Waals surface area contributed by atoms with Crippen molar-refractivity contribution in [1.82, 2.24) is 24.3 Å². The van der Waals surface area contributed by atoms with E-state index >= 15 is 0 Å². The molecule has 8 nitrogen and oxygen atoms in total. The second-order valence-electron chi connectivity index (χ2n) is 7.66. The van der Waals surface area contributed by atoms with Crippen LogP contribution in [-0.4, -0.2) is 35.4 Å². The number of nitrogens with one attached hydrogen (secondary N) is 1. The molecule has 0 saturated carbocycles. The summed E-state index contributed by atoms with van der Waals surface area (Å²) >= 11 is 6.00. The number of amides is 1. The Morgan fingerprint density at radius 3 is 2.71 bits per heavy atom. The number of imidazole rings is 1. The van der Waals surface area contributed by atoms with Crippen molar-refractivity contribution in [3.63, 3.8) is 0 Å². The highest BCUT2D eigenvalue weighted by Crippen LogP contribution is 2.46. The first-order chi connectivity index (χ1) is 14.9. The maximum atomic E-state index is 13.0. The van der Waals surface area contributed by atoms with Crippen molar-refractivity contribution in [3.05, 3.63) is 64.7 Å². The molecule has 2 N–H and O–H groups in total. The van der Waals surface area contributed by atoms with Crippen LogP contribution >= 0.6 is 11.6 Å². The van der Waals surface area contributed by atoms with Crippen LogP contribution in [-0.2, 0) is 16.6 Å². The lowest BCUT2D eigenvalue weighted by atomic mass is 9.78. The summed E-state index contributed by atoms with van der Waals surface area (Å²) in [5.41, 5.74) is 1.96. The van der Waals surface area contributed by atoms with E-state index in [2.05, 4.69) is 32.2 Å². The molecule has 31 heavy (non-hydrogen) atoms. The quantitative estimate of drug-likeness (QED) is 0.506. The topological polar surface area (TPSA) is 105 Å². The summed E-state index contributed by atoms with van der Waals surface area (Å²) in [4.78, 5) is 30.9. The lowest BCUT2D eigenvalue weighted by molar-refractivity contribution is -0.119. The van der Waals surface area contributed by atoms with E-state index in [1.165, 1.54) is 0 Å². The third kappa shape index (κ3) is 2.94. The minimum absolute atomic E-state index is 0.227. The highest BCUT2D eigenvalue weighted by molar-refractivity contribution is 6.30. The van der Waals surface area contributed by atoms with Gasteiger partial charge in [0.1, 0.15) is 16.9 Å². The Labute approximate surface area is 183 Å². The van der Waals surface area contributed by atoms with Gasteiger partial charge in [-0.3, -0.25) is 4.79 Å². The number of hydrogen-bond acceptors (Lipinski definition) is 6. The minimum Gasteiger partial charge on any atom is -0.493 e. The van der Waals surface area contributed by atoms with Gasteiger partial charge in [0.05, 0.1) is 11.3 Å². The third-order valence-corrected chi connectivity index (χ3v) is 5.91. The number of anilines is 1. The van der Waals surface area contributed by atoms with Gasteiger partial charge in [-0.1, -0.05) is 37.1 Å². The number of carbonyl (C=O) groups is 1. The lowest BCUT2D eigenvalue weighted by Gasteiger charge is -2.22. The van der Waals surface area contributed by atoms with Crippen LogP contribution in [0.5, 0.6) is 5.88 Å². The summed E-state index contributed by atoms with van der Waals surface area (Å²) in [5, 5.41) is 14.2. The van der Waals surface area contributed by atoms with E-state index in [1.807, 2.05) is 10.6 Å². The van der Waals surface area contributed by atoms with Crippen molar-refractivity contribution in [3.8, 4) is 17.4 Å². The van der Waals surface area contributed by atoms with Gasteiger partial charge < -0.3 is 14.8 Å². The standard InChI is InChI=1S/C22H19ClN6O2/c1-3-4-14-19-24-9-10-29(19)11-15(25-14)17-26-18-16(20(30)27-17)22(2,21(31)28-18)12-5-7-13(23)8-6-12/h5-11H,3-4H2,1-2H3,(H2,26,27,28,30,31). The van der Waals surface area contributed by atoms with Gasteiger partial charge in [0.2, 0.25) is 11.8 Å². The molecule has 0 aliphatic carbocycles. The molecule has 0 bridgehead atoms. The predicted molar refractivity (Wildman–Crippen MR) is 116 cm³/mol. The van der Waals surface area contributed by atoms with Crippen LogP contribution in [0.3, 0.4) is 0 Å². The van der Waals surface area contributed by atoms with Crippen molar-refractivity contribution in [2.45, 2.75) is 32.1 Å². The molecular formula is C22H19ClN6O2. The molecule has 1 aliphatic heterocycles. The molecule has 0 fully saturated rings. The van der Waals surface area contributed by atoms with Crippen LogP contribution in [0.2, 0.25) is 5.02 Å². The highest BCUT2D eigenvalue weighted by Gasteiger charge is 2.48. The molecule has 0 radical (unpaired) electrons. The lowest BCUT2D eigenvalue weighted by Crippen LogP contribution is -2.32. The molecule has 1 aliphatic rings. The minimum atomic E-state index is -1.14. The fourth-order valence-electron chi connectivity index (χ4n) is 4.03. The molecule has 9 heteroatoms. The molecule has 5 rings (SSSR count). The number of hydrogen-bond donors (Lipinski definition) is 2. The van der Waals surface area contributed by atoms with Crippen LogP contribution in [0, 0.1) is 0 Å². The molecule has 1 atom stereocenters. The maximum Gasteiger partial charge on any atom is 0.240 e. The van der Waals surface area contributed by atoms with Crippen molar-refractivity contribution in [2.24, 2.45) is 0 Å². The molecule has 4 heterocycles. The number of rotatable bonds is 4. The second-order valence-corrected chi connectivity index (χ2v) is 8.10. The summed E-state index contributed by atoms with van der Waals surface area (Å²) in [7, 11) is 0. The van der Waals surface area contributed by atoms with E-state index in [0.717, 1.165) is 24.2 Å². The van der Waals surface area contributed by atoms with Crippen molar-refractivity contribution < 1.29 is 9.90 Å². The molecule has 3 aromatic heterocycles. The van der Waals surface area contributed by atoms with Gasteiger partial charge in [0, 0.05) is 23.6 Å². The molecule has 0 saturated heterocycles. The van der Waals surface area contributed by atoms with Gasteiger partial charge in [0.25, 0.3) is 0 Å². The molecule has 1 unspecified atom stereocenters. The molecular weight excluding hydrogens is 416 g/mol. The fourth-order valence-corrected chi connectivity index (χ4v) is 4.15. The average Bonchev–Trinajstić information content (AvgIpc) is 3.32. The number of carbonyl (C=O) groups excluding carboxylic acids is 1. The molecule has 4 aromatic rings. The largest absolute Gasteiger partial charge is 0.493 e. The van der Waals surface area contributed by atoms with E-state index in [9.17, 15) is 9.90 Å². The zero-order chi connectivity index (χ0) is 21.8. The first-order valence-electron chi connectivity index (χ1n) is 9.93. The monoisotopic (exact) mass is 434 g/mol. The van der Waals surface area contributed by atoms with E-state index in [-0.39, 0.29) is 23.4 Å². The number of aryl methyl sites for hydroxylation is 1. The Kier molecular flexibility index (Phi) is 4.40. The Balaban J connectivity index is 1.66. The van der Waals surface area contributed by atoms with Gasteiger partial charge >= 0.3 is 0 Å². The van der Waals surface area contributed by atoms with Crippen LogP contribution < -0.4 is 5.32 Å². The van der Waals surface area contributed by atoms with Gasteiger partial charge in [-0.2, -0.15) is 4.98 Å². The van der Waals surface area contributed by atoms with Crippen molar-refractivity contribution >= 4 is 29.0 Å². The first-order valence-corrected chi connectivity index (χ1v) is 10.3. The summed E-state index contributed by atoms with van der Waals surface area (Å²) < 4.78 is 1.86. The van der Waals surface area contributed by atoms with E-state index in [1.54, 1.807) is 43.6 Å². The first kappa shape index (κ1) is 19.4. The van der Waals surface area contributed by atoms with Gasteiger partial charge in [-0.15, -0.1) is 0 Å². The number of nitrogens with zero attached hydrogens (tertiary/aromatic N) is 5. The van der Waals surface area contributed by atoms with Gasteiger partial charge in [-0.25, -0.2) is 15.0 Å². The van der Waals surface area contributed by atoms with Crippen LogP contribution in [0.1, 0.15) is 37.1 Å². The second kappa shape index (κ2) is 7.02. The number of benzene rings is 1. The van der Waals surface area contributed by atoms with Crippen LogP contribution in [0.4, 0.5) is 5.82 Å². The maximum absolute atomic E-state index is 13.0. The third-order valence-electron chi connectivity index (χ3n) is 5.66. The van der Waals surface area contributed by atoms with Crippen molar-refractivity contribution in [2.75, 3.05) is 5.32 Å². The fraction of sp³-hybridized carbons (Fsp3) is 0.227.